The van der Waals surface area contributed by atoms with Gasteiger partial charge in [0.1, 0.15) is 0 Å². The van der Waals surface area contributed by atoms with Crippen LogP contribution in [0.15, 0.2) is 12.2 Å². The van der Waals surface area contributed by atoms with Crippen LogP contribution in [0.25, 0.3) is 0 Å². The monoisotopic (exact) mass is 178 g/mol. The van der Waals surface area contributed by atoms with Crippen molar-refractivity contribution in [3.8, 4) is 0 Å². The van der Waals surface area contributed by atoms with Crippen LogP contribution in [-0.4, -0.2) is 5.78 Å². The summed E-state index contributed by atoms with van der Waals surface area (Å²) in [5, 5.41) is 0. The molecule has 0 radical (unpaired) electrons. The number of rotatable bonds is 0. The Hall–Kier alpha value is -0.590. The van der Waals surface area contributed by atoms with Crippen molar-refractivity contribution in [1.82, 2.24) is 0 Å². The number of allylic oxidation sites excluding steroid dienone is 1. The Bertz CT molecular complexity index is 275. The van der Waals surface area contributed by atoms with Crippen molar-refractivity contribution in [3.63, 3.8) is 0 Å². The molecular formula is C12H18O. The number of fused-ring (bicyclic) bond motifs is 3. The zero-order chi connectivity index (χ0) is 9.80. The molecule has 0 aromatic rings. The molecule has 0 heterocycles. The maximum atomic E-state index is 11.8. The number of Topliss-reactive ketones (excluding diaryl/α,β-unsaturated/α-hetero) is 1. The smallest absolute Gasteiger partial charge is 0.161 e. The summed E-state index contributed by atoms with van der Waals surface area (Å²) in [4.78, 5) is 11.8. The lowest BCUT2D eigenvalue weighted by Gasteiger charge is -2.52. The van der Waals surface area contributed by atoms with Crippen molar-refractivity contribution in [3.05, 3.63) is 12.2 Å². The minimum atomic E-state index is 0.209. The summed E-state index contributed by atoms with van der Waals surface area (Å²) in [5.74, 6) is 1.84. The fourth-order valence-corrected chi connectivity index (χ4v) is 3.15. The Labute approximate surface area is 80.2 Å². The molecule has 3 aliphatic rings. The first-order chi connectivity index (χ1) is 5.94. The topological polar surface area (TPSA) is 17.1 Å². The molecule has 3 atom stereocenters. The number of hydrogen-bond acceptors (Lipinski definition) is 1. The van der Waals surface area contributed by atoms with E-state index < -0.39 is 0 Å². The normalized spacial score (nSPS) is 42.5. The van der Waals surface area contributed by atoms with Crippen LogP contribution in [0.5, 0.6) is 0 Å². The second-order valence-corrected chi connectivity index (χ2v) is 5.32. The summed E-state index contributed by atoms with van der Waals surface area (Å²) in [7, 11) is 0. The first kappa shape index (κ1) is 8.98. The fraction of sp³-hybridized carbons (Fsp3) is 0.750. The van der Waals surface area contributed by atoms with E-state index in [1.54, 1.807) is 0 Å². The maximum Gasteiger partial charge on any atom is 0.161 e. The van der Waals surface area contributed by atoms with Crippen LogP contribution < -0.4 is 0 Å². The fourth-order valence-electron chi connectivity index (χ4n) is 3.15. The van der Waals surface area contributed by atoms with Crippen LogP contribution in [0.4, 0.5) is 0 Å². The lowest BCUT2D eigenvalue weighted by molar-refractivity contribution is -0.124. The maximum absolute atomic E-state index is 11.8. The quantitative estimate of drug-likeness (QED) is 0.521. The summed E-state index contributed by atoms with van der Waals surface area (Å²) in [6, 6.07) is 0. The van der Waals surface area contributed by atoms with Crippen LogP contribution in [0.3, 0.4) is 0 Å². The third-order valence-electron chi connectivity index (χ3n) is 4.40. The molecule has 72 valence electrons. The van der Waals surface area contributed by atoms with Gasteiger partial charge in [-0.05, 0) is 35.7 Å². The summed E-state index contributed by atoms with van der Waals surface area (Å²) < 4.78 is 0. The van der Waals surface area contributed by atoms with Crippen molar-refractivity contribution in [2.75, 3.05) is 0 Å². The standard InChI is InChI=1S/C12H18O/c1-7-5-9-6-10(12(9,3)4)8(2)11(7)13/h8-10H,1,5-6H2,2-4H3/t8-,9?,10?/m1/s1. The minimum Gasteiger partial charge on any atom is -0.294 e. The van der Waals surface area contributed by atoms with Crippen LogP contribution in [0, 0.1) is 23.2 Å². The van der Waals surface area contributed by atoms with Gasteiger partial charge >= 0.3 is 0 Å². The summed E-state index contributed by atoms with van der Waals surface area (Å²) >= 11 is 0. The molecule has 0 aromatic heterocycles. The molecule has 13 heavy (non-hydrogen) atoms. The molecule has 2 bridgehead atoms. The Morgan fingerprint density at radius 1 is 1.46 bits per heavy atom. The van der Waals surface area contributed by atoms with E-state index in [0.29, 0.717) is 23.0 Å². The van der Waals surface area contributed by atoms with Crippen LogP contribution in [0.1, 0.15) is 33.6 Å². The van der Waals surface area contributed by atoms with E-state index in [4.69, 9.17) is 0 Å². The second-order valence-electron chi connectivity index (χ2n) is 5.32. The molecule has 3 rings (SSSR count). The molecule has 0 aliphatic heterocycles. The second kappa shape index (κ2) is 2.46. The van der Waals surface area contributed by atoms with Gasteiger partial charge in [-0.3, -0.25) is 4.79 Å². The van der Waals surface area contributed by atoms with E-state index >= 15 is 0 Å². The highest BCUT2D eigenvalue weighted by molar-refractivity contribution is 5.97. The van der Waals surface area contributed by atoms with Crippen molar-refractivity contribution in [1.29, 1.82) is 0 Å². The average Bonchev–Trinajstić information content (AvgIpc) is 2.21. The predicted molar refractivity (Wildman–Crippen MR) is 53.3 cm³/mol. The molecule has 0 N–H and O–H groups in total. The third-order valence-corrected chi connectivity index (χ3v) is 4.40. The van der Waals surface area contributed by atoms with Gasteiger partial charge in [0.25, 0.3) is 0 Å². The first-order valence-corrected chi connectivity index (χ1v) is 5.16. The van der Waals surface area contributed by atoms with E-state index in [9.17, 15) is 4.79 Å². The molecule has 2 unspecified atom stereocenters. The van der Waals surface area contributed by atoms with Crippen LogP contribution in [-0.2, 0) is 4.79 Å². The molecule has 3 fully saturated rings. The number of carbonyl (C=O) groups excluding carboxylic acids is 1. The Morgan fingerprint density at radius 2 is 2.08 bits per heavy atom. The van der Waals surface area contributed by atoms with Gasteiger partial charge < -0.3 is 0 Å². The average molecular weight is 178 g/mol. The third kappa shape index (κ3) is 1.02. The van der Waals surface area contributed by atoms with E-state index in [1.165, 1.54) is 6.42 Å². The molecular weight excluding hydrogens is 160 g/mol. The van der Waals surface area contributed by atoms with Gasteiger partial charge in [0.05, 0.1) is 0 Å². The van der Waals surface area contributed by atoms with Gasteiger partial charge in [0.2, 0.25) is 0 Å². The molecule has 0 saturated heterocycles. The number of carbonyl (C=O) groups is 1. The Morgan fingerprint density at radius 3 is 2.62 bits per heavy atom. The lowest BCUT2D eigenvalue weighted by Crippen LogP contribution is -2.46. The summed E-state index contributed by atoms with van der Waals surface area (Å²) in [6.07, 6.45) is 2.17. The molecule has 0 aromatic carbocycles. The largest absolute Gasteiger partial charge is 0.294 e. The first-order valence-electron chi connectivity index (χ1n) is 5.16. The Kier molecular flexibility index (Phi) is 1.70. The highest BCUT2D eigenvalue weighted by atomic mass is 16.1. The summed E-state index contributed by atoms with van der Waals surface area (Å²) in [6.45, 7) is 10.6. The van der Waals surface area contributed by atoms with Crippen LogP contribution >= 0.6 is 0 Å². The highest BCUT2D eigenvalue weighted by Gasteiger charge is 2.54. The van der Waals surface area contributed by atoms with Crippen LogP contribution in [0.2, 0.25) is 0 Å². The van der Waals surface area contributed by atoms with E-state index in [1.807, 2.05) is 0 Å². The SMILES string of the molecule is C=C1CC2CC([C@@H](C)C1=O)C2(C)C. The van der Waals surface area contributed by atoms with Gasteiger partial charge in [0.15, 0.2) is 5.78 Å². The molecule has 1 nitrogen and oxygen atoms in total. The van der Waals surface area contributed by atoms with E-state index in [0.717, 1.165) is 12.0 Å². The van der Waals surface area contributed by atoms with Crippen molar-refractivity contribution >= 4 is 5.78 Å². The lowest BCUT2D eigenvalue weighted by atomic mass is 9.52. The van der Waals surface area contributed by atoms with E-state index in [-0.39, 0.29) is 5.92 Å². The molecule has 0 amide bonds. The van der Waals surface area contributed by atoms with Gasteiger partial charge in [-0.2, -0.15) is 0 Å². The number of ketones is 1. The number of hydrogen-bond donors (Lipinski definition) is 0. The van der Waals surface area contributed by atoms with Gasteiger partial charge in [-0.1, -0.05) is 27.4 Å². The van der Waals surface area contributed by atoms with Crippen molar-refractivity contribution < 1.29 is 4.79 Å². The minimum absolute atomic E-state index is 0.209. The molecule has 1 heteroatoms. The van der Waals surface area contributed by atoms with Crippen molar-refractivity contribution in [2.24, 2.45) is 23.2 Å². The summed E-state index contributed by atoms with van der Waals surface area (Å²) in [5.41, 5.74) is 1.24. The predicted octanol–water partition coefficient (Wildman–Crippen LogP) is 2.81. The molecule has 3 saturated carbocycles. The van der Waals surface area contributed by atoms with Gasteiger partial charge in [-0.25, -0.2) is 0 Å². The van der Waals surface area contributed by atoms with Gasteiger partial charge in [-0.15, -0.1) is 0 Å². The molecule has 3 aliphatic carbocycles. The Balaban J connectivity index is 2.33. The zero-order valence-corrected chi connectivity index (χ0v) is 8.76. The van der Waals surface area contributed by atoms with Gasteiger partial charge in [0, 0.05) is 5.92 Å². The molecule has 0 spiro atoms. The van der Waals surface area contributed by atoms with Crippen molar-refractivity contribution in [2.45, 2.75) is 33.6 Å². The highest BCUT2D eigenvalue weighted by Crippen LogP contribution is 2.59. The van der Waals surface area contributed by atoms with E-state index in [2.05, 4.69) is 27.4 Å². The zero-order valence-electron chi connectivity index (χ0n) is 8.76.